The van der Waals surface area contributed by atoms with Crippen LogP contribution < -0.4 is 38.7 Å². The second-order valence-corrected chi connectivity index (χ2v) is 6.56. The van der Waals surface area contributed by atoms with E-state index in [2.05, 4.69) is 0 Å². The molecule has 4 rings (SSSR count). The monoisotopic (exact) mass is 500 g/mol. The van der Waals surface area contributed by atoms with Crippen LogP contribution in [0.4, 0.5) is 0 Å². The lowest BCUT2D eigenvalue weighted by Gasteiger charge is -2.02. The van der Waals surface area contributed by atoms with Gasteiger partial charge >= 0.3 is 5.97 Å². The predicted octanol–water partition coefficient (Wildman–Crippen LogP) is -1.58. The van der Waals surface area contributed by atoms with Crippen molar-refractivity contribution in [3.63, 3.8) is 0 Å². The van der Waals surface area contributed by atoms with Crippen molar-refractivity contribution >= 4 is 12.4 Å². The standard InChI is InChI=1S/C24H17N2O4.2CH4.2ClH/c27-17-30-23-6-2-5-22(16-23)26-13-9-19(10-14-26)18-7-11-25(12-8-18)21-4-1-3-20(15-21)24(28)29;;;;/h1-17H;2*1H4;2*1H/q+1;;;;/p-1. The number of hydrogen-bond donors (Lipinski definition) is 1. The van der Waals surface area contributed by atoms with Crippen LogP contribution in [-0.4, -0.2) is 17.5 Å². The molecule has 0 saturated heterocycles. The Balaban J connectivity index is 0.00000272. The van der Waals surface area contributed by atoms with Crippen LogP contribution in [0, 0.1) is 0 Å². The van der Waals surface area contributed by atoms with E-state index in [0.29, 0.717) is 12.2 Å². The molecule has 0 aliphatic rings. The fraction of sp³-hybridized carbons (Fsp3) is 0.0769. The van der Waals surface area contributed by atoms with Crippen LogP contribution >= 0.6 is 0 Å². The first-order valence-corrected chi connectivity index (χ1v) is 9.21. The highest BCUT2D eigenvalue weighted by Crippen LogP contribution is 2.18. The molecule has 0 saturated carbocycles. The summed E-state index contributed by atoms with van der Waals surface area (Å²) in [5, 5.41) is 9.16. The van der Waals surface area contributed by atoms with Crippen LogP contribution in [0.3, 0.4) is 0 Å². The highest BCUT2D eigenvalue weighted by Gasteiger charge is 2.12. The Morgan fingerprint density at radius 1 is 0.735 bits per heavy atom. The number of benzene rings is 2. The maximum Gasteiger partial charge on any atom is 0.335 e. The van der Waals surface area contributed by atoms with Crippen LogP contribution in [0.2, 0.25) is 0 Å². The Kier molecular flexibility index (Phi) is 12.2. The summed E-state index contributed by atoms with van der Waals surface area (Å²) in [6.07, 6.45) is 7.68. The number of ether oxygens (including phenoxy) is 1. The Morgan fingerprint density at radius 3 is 1.68 bits per heavy atom. The SMILES string of the molecule is C.C.O=COc1cccc(-[n+]2ccc(-c3cc[n+](-c4cccc(C(=O)O)c4)cc3)cc2)c1.[Cl-].[Cl-]. The first kappa shape index (κ1) is 30.3. The molecular weight excluding hydrogens is 475 g/mol. The summed E-state index contributed by atoms with van der Waals surface area (Å²) in [4.78, 5) is 21.7. The summed E-state index contributed by atoms with van der Waals surface area (Å²) in [7, 11) is 0. The van der Waals surface area contributed by atoms with Crippen molar-refractivity contribution in [2.75, 3.05) is 0 Å². The van der Waals surface area contributed by atoms with Gasteiger partial charge in [-0.25, -0.2) is 4.79 Å². The minimum Gasteiger partial charge on any atom is -1.00 e. The van der Waals surface area contributed by atoms with Crippen LogP contribution in [0.1, 0.15) is 25.2 Å². The second-order valence-electron chi connectivity index (χ2n) is 6.56. The zero-order valence-electron chi connectivity index (χ0n) is 16.6. The number of carboxylic acid groups (broad SMARTS) is 1. The molecule has 0 amide bonds. The number of carbonyl (C=O) groups excluding carboxylic acids is 1. The molecule has 0 fully saturated rings. The molecule has 34 heavy (non-hydrogen) atoms. The van der Waals surface area contributed by atoms with Gasteiger partial charge in [0.05, 0.1) is 11.6 Å². The summed E-state index contributed by atoms with van der Waals surface area (Å²) in [6.45, 7) is 0.409. The maximum atomic E-state index is 11.2. The van der Waals surface area contributed by atoms with Crippen LogP contribution in [0.25, 0.3) is 22.5 Å². The molecule has 8 heteroatoms. The zero-order chi connectivity index (χ0) is 20.9. The summed E-state index contributed by atoms with van der Waals surface area (Å²) < 4.78 is 8.71. The van der Waals surface area contributed by atoms with Gasteiger partial charge in [0, 0.05) is 42.5 Å². The van der Waals surface area contributed by atoms with Crippen LogP contribution in [0.15, 0.2) is 97.6 Å². The van der Waals surface area contributed by atoms with E-state index in [4.69, 9.17) is 9.84 Å². The third-order valence-corrected chi connectivity index (χ3v) is 4.68. The molecule has 0 atom stereocenters. The van der Waals surface area contributed by atoms with Crippen molar-refractivity contribution in [3.05, 3.63) is 103 Å². The molecule has 2 heterocycles. The molecule has 0 aliphatic heterocycles. The normalized spacial score (nSPS) is 9.18. The van der Waals surface area contributed by atoms with Gasteiger partial charge in [-0.05, 0) is 23.3 Å². The van der Waals surface area contributed by atoms with E-state index >= 15 is 0 Å². The molecule has 2 aromatic heterocycles. The lowest BCUT2D eigenvalue weighted by atomic mass is 10.1. The topological polar surface area (TPSA) is 71.4 Å². The molecule has 6 nitrogen and oxygen atoms in total. The zero-order valence-corrected chi connectivity index (χ0v) is 18.1. The molecule has 4 aromatic rings. The Hall–Kier alpha value is -3.74. The largest absolute Gasteiger partial charge is 1.00 e. The number of nitrogens with zero attached hydrogens (tertiary/aromatic N) is 2. The number of aromatic carboxylic acids is 1. The Labute approximate surface area is 211 Å². The summed E-state index contributed by atoms with van der Waals surface area (Å²) >= 11 is 0. The van der Waals surface area contributed by atoms with Crippen LogP contribution in [-0.2, 0) is 4.79 Å². The summed E-state index contributed by atoms with van der Waals surface area (Å²) in [5.41, 5.74) is 3.98. The van der Waals surface area contributed by atoms with Crippen molar-refractivity contribution in [3.8, 4) is 28.3 Å². The lowest BCUT2D eigenvalue weighted by molar-refractivity contribution is -0.596. The number of rotatable bonds is 6. The van der Waals surface area contributed by atoms with Gasteiger partial charge in [0.2, 0.25) is 11.4 Å². The van der Waals surface area contributed by atoms with E-state index in [1.165, 1.54) is 0 Å². The van der Waals surface area contributed by atoms with E-state index in [9.17, 15) is 9.59 Å². The molecular formula is C26H26Cl2N2O4. The third-order valence-electron chi connectivity index (χ3n) is 4.68. The summed E-state index contributed by atoms with van der Waals surface area (Å²) in [5.74, 6) is -0.464. The van der Waals surface area contributed by atoms with E-state index in [1.54, 1.807) is 30.3 Å². The number of carbonyl (C=O) groups is 2. The maximum absolute atomic E-state index is 11.2. The van der Waals surface area contributed by atoms with Gasteiger partial charge in [-0.3, -0.25) is 4.79 Å². The predicted molar refractivity (Wildman–Crippen MR) is 122 cm³/mol. The van der Waals surface area contributed by atoms with E-state index in [1.807, 2.05) is 76.4 Å². The quantitative estimate of drug-likeness (QED) is 0.256. The van der Waals surface area contributed by atoms with Gasteiger partial charge in [0.25, 0.3) is 6.47 Å². The fourth-order valence-electron chi connectivity index (χ4n) is 3.15. The van der Waals surface area contributed by atoms with Crippen LogP contribution in [0.5, 0.6) is 5.75 Å². The minimum absolute atomic E-state index is 0. The number of hydrogen-bond acceptors (Lipinski definition) is 3. The first-order valence-electron chi connectivity index (χ1n) is 9.21. The first-order chi connectivity index (χ1) is 14.6. The number of halogens is 2. The molecule has 0 radical (unpaired) electrons. The van der Waals surface area contributed by atoms with Gasteiger partial charge in [-0.2, -0.15) is 9.13 Å². The molecule has 0 bridgehead atoms. The highest BCUT2D eigenvalue weighted by molar-refractivity contribution is 5.88. The van der Waals surface area contributed by atoms with Gasteiger partial charge in [0.15, 0.2) is 24.8 Å². The Bertz CT molecular complexity index is 1210. The molecule has 1 N–H and O–H groups in total. The number of pyridine rings is 2. The van der Waals surface area contributed by atoms with Crippen molar-refractivity contribution in [1.82, 2.24) is 0 Å². The van der Waals surface area contributed by atoms with Crippen molar-refractivity contribution in [2.45, 2.75) is 14.9 Å². The number of aromatic nitrogens is 2. The van der Waals surface area contributed by atoms with E-state index in [-0.39, 0.29) is 45.2 Å². The van der Waals surface area contributed by atoms with Gasteiger partial charge in [0.1, 0.15) is 5.75 Å². The fourth-order valence-corrected chi connectivity index (χ4v) is 3.15. The number of carboxylic acids is 1. The smallest absolute Gasteiger partial charge is 0.335 e. The Morgan fingerprint density at radius 2 is 1.21 bits per heavy atom. The van der Waals surface area contributed by atoms with E-state index in [0.717, 1.165) is 22.5 Å². The van der Waals surface area contributed by atoms with Crippen molar-refractivity contribution in [2.24, 2.45) is 0 Å². The van der Waals surface area contributed by atoms with Gasteiger partial charge in [-0.1, -0.05) is 27.0 Å². The van der Waals surface area contributed by atoms with Gasteiger partial charge in [-0.15, -0.1) is 0 Å². The average molecular weight is 501 g/mol. The molecule has 178 valence electrons. The summed E-state index contributed by atoms with van der Waals surface area (Å²) in [6, 6.07) is 22.0. The minimum atomic E-state index is -0.949. The highest BCUT2D eigenvalue weighted by atomic mass is 35.5. The average Bonchev–Trinajstić information content (AvgIpc) is 2.80. The van der Waals surface area contributed by atoms with Gasteiger partial charge < -0.3 is 34.7 Å². The molecule has 0 aliphatic carbocycles. The lowest BCUT2D eigenvalue weighted by Crippen LogP contribution is -3.00. The van der Waals surface area contributed by atoms with Crippen molar-refractivity contribution in [1.29, 1.82) is 0 Å². The van der Waals surface area contributed by atoms with E-state index < -0.39 is 5.97 Å². The molecule has 2 aromatic carbocycles. The third kappa shape index (κ3) is 6.88. The molecule has 0 spiro atoms. The molecule has 0 unspecified atom stereocenters. The second kappa shape index (κ2) is 13.7. The van der Waals surface area contributed by atoms with Crippen molar-refractivity contribution < 1.29 is 53.4 Å².